The Bertz CT molecular complexity index is 171. The van der Waals surface area contributed by atoms with E-state index in [2.05, 4.69) is 16.7 Å². The van der Waals surface area contributed by atoms with Gasteiger partial charge in [-0.05, 0) is 13.6 Å². The van der Waals surface area contributed by atoms with Crippen LogP contribution >= 0.6 is 11.6 Å². The Balaban J connectivity index is 4.12. The first-order chi connectivity index (χ1) is 4.70. The van der Waals surface area contributed by atoms with Crippen LogP contribution in [0.5, 0.6) is 0 Å². The summed E-state index contributed by atoms with van der Waals surface area (Å²) in [6.07, 6.45) is 1.40. The average molecular weight is 161 g/mol. The summed E-state index contributed by atoms with van der Waals surface area (Å²) in [6, 6.07) is 0. The third-order valence-electron chi connectivity index (χ3n) is 0.715. The summed E-state index contributed by atoms with van der Waals surface area (Å²) in [5, 5.41) is 9.04. The largest absolute Gasteiger partial charge is 0.388 e. The highest BCUT2D eigenvalue weighted by Gasteiger charge is 1.86. The summed E-state index contributed by atoms with van der Waals surface area (Å²) in [4.78, 5) is 7.13. The summed E-state index contributed by atoms with van der Waals surface area (Å²) >= 11 is 5.45. The lowest BCUT2D eigenvalue weighted by Gasteiger charge is -1.89. The molecule has 1 N–H and O–H groups in total. The number of halogens is 1. The summed E-state index contributed by atoms with van der Waals surface area (Å²) in [7, 11) is 0. The van der Waals surface area contributed by atoms with Gasteiger partial charge in [-0.2, -0.15) is 0 Å². The molecule has 0 saturated carbocycles. The van der Waals surface area contributed by atoms with Gasteiger partial charge >= 0.3 is 0 Å². The smallest absolute Gasteiger partial charge is 0.152 e. The number of allylic oxidation sites excluding steroid dienone is 1. The number of aliphatic hydroxyl groups is 1. The first-order valence-corrected chi connectivity index (χ1v) is 3.05. The molecule has 0 amide bonds. The SMILES string of the molecule is C=NC(CO)=N/C=C(\C)Cl. The highest BCUT2D eigenvalue weighted by Crippen LogP contribution is 1.97. The lowest BCUT2D eigenvalue weighted by Crippen LogP contribution is -1.98. The van der Waals surface area contributed by atoms with Gasteiger partial charge in [0.15, 0.2) is 5.84 Å². The van der Waals surface area contributed by atoms with Gasteiger partial charge in [-0.1, -0.05) is 11.6 Å². The second-order valence-electron chi connectivity index (χ2n) is 1.58. The number of nitrogens with zero attached hydrogens (tertiary/aromatic N) is 2. The molecule has 3 nitrogen and oxygen atoms in total. The van der Waals surface area contributed by atoms with Crippen molar-refractivity contribution in [1.29, 1.82) is 0 Å². The van der Waals surface area contributed by atoms with Gasteiger partial charge in [0.25, 0.3) is 0 Å². The van der Waals surface area contributed by atoms with Crippen LogP contribution < -0.4 is 0 Å². The van der Waals surface area contributed by atoms with Crippen LogP contribution in [0.2, 0.25) is 0 Å². The van der Waals surface area contributed by atoms with Gasteiger partial charge in [0.05, 0.1) is 0 Å². The van der Waals surface area contributed by atoms with Crippen LogP contribution in [0.4, 0.5) is 0 Å². The topological polar surface area (TPSA) is 45.0 Å². The number of hydrogen-bond donors (Lipinski definition) is 1. The fourth-order valence-corrected chi connectivity index (χ4v) is 0.344. The lowest BCUT2D eigenvalue weighted by atomic mass is 10.6. The minimum atomic E-state index is -0.218. The van der Waals surface area contributed by atoms with Crippen LogP contribution in [-0.2, 0) is 0 Å². The monoisotopic (exact) mass is 160 g/mol. The Morgan fingerprint density at radius 3 is 2.70 bits per heavy atom. The average Bonchev–Trinajstić information content (AvgIpc) is 1.90. The van der Waals surface area contributed by atoms with E-state index in [-0.39, 0.29) is 12.4 Å². The van der Waals surface area contributed by atoms with Crippen LogP contribution in [0.15, 0.2) is 21.2 Å². The molecule has 0 spiro atoms. The molecule has 0 aromatic carbocycles. The van der Waals surface area contributed by atoms with E-state index in [1.54, 1.807) is 6.92 Å². The molecule has 0 aliphatic rings. The third kappa shape index (κ3) is 4.23. The van der Waals surface area contributed by atoms with Gasteiger partial charge in [0.2, 0.25) is 0 Å². The number of aliphatic imine (C=N–C) groups is 2. The van der Waals surface area contributed by atoms with E-state index in [9.17, 15) is 0 Å². The molecule has 0 aromatic rings. The van der Waals surface area contributed by atoms with E-state index in [0.717, 1.165) is 0 Å². The van der Waals surface area contributed by atoms with Crippen molar-refractivity contribution in [3.05, 3.63) is 11.2 Å². The van der Waals surface area contributed by atoms with Crippen molar-refractivity contribution >= 4 is 24.2 Å². The Kier molecular flexibility index (Phi) is 4.80. The van der Waals surface area contributed by atoms with Crippen molar-refractivity contribution in [2.24, 2.45) is 9.98 Å². The molecule has 0 aliphatic heterocycles. The molecular formula is C6H9ClN2O. The van der Waals surface area contributed by atoms with Crippen LogP contribution in [-0.4, -0.2) is 24.3 Å². The summed E-state index contributed by atoms with van der Waals surface area (Å²) in [5.41, 5.74) is 0. The summed E-state index contributed by atoms with van der Waals surface area (Å²) in [6.45, 7) is 4.66. The van der Waals surface area contributed by atoms with Crippen molar-refractivity contribution in [2.45, 2.75) is 6.92 Å². The molecule has 10 heavy (non-hydrogen) atoms. The zero-order chi connectivity index (χ0) is 7.98. The van der Waals surface area contributed by atoms with Gasteiger partial charge in [0, 0.05) is 11.2 Å². The molecule has 0 aliphatic carbocycles. The Hall–Kier alpha value is -0.670. The van der Waals surface area contributed by atoms with Gasteiger partial charge < -0.3 is 5.11 Å². The van der Waals surface area contributed by atoms with E-state index < -0.39 is 0 Å². The number of amidine groups is 1. The number of hydrogen-bond acceptors (Lipinski definition) is 2. The van der Waals surface area contributed by atoms with Crippen LogP contribution in [0, 0.1) is 0 Å². The van der Waals surface area contributed by atoms with Gasteiger partial charge in [-0.15, -0.1) is 0 Å². The molecule has 56 valence electrons. The van der Waals surface area contributed by atoms with Crippen molar-refractivity contribution in [3.63, 3.8) is 0 Å². The second kappa shape index (κ2) is 5.14. The van der Waals surface area contributed by atoms with Gasteiger partial charge in [-0.3, -0.25) is 0 Å². The van der Waals surface area contributed by atoms with Crippen LogP contribution in [0.1, 0.15) is 6.92 Å². The molecule has 0 rings (SSSR count). The van der Waals surface area contributed by atoms with E-state index in [4.69, 9.17) is 16.7 Å². The first kappa shape index (κ1) is 9.33. The third-order valence-corrected chi connectivity index (χ3v) is 0.813. The first-order valence-electron chi connectivity index (χ1n) is 2.67. The van der Waals surface area contributed by atoms with Crippen molar-refractivity contribution < 1.29 is 5.11 Å². The Morgan fingerprint density at radius 1 is 1.80 bits per heavy atom. The maximum atomic E-state index is 8.50. The fourth-order valence-electron chi connectivity index (χ4n) is 0.295. The van der Waals surface area contributed by atoms with Crippen molar-refractivity contribution in [3.8, 4) is 0 Å². The molecule has 0 heterocycles. The van der Waals surface area contributed by atoms with E-state index in [1.165, 1.54) is 6.20 Å². The van der Waals surface area contributed by atoms with Crippen molar-refractivity contribution in [2.75, 3.05) is 6.61 Å². The van der Waals surface area contributed by atoms with Gasteiger partial charge in [-0.25, -0.2) is 9.98 Å². The molecule has 0 unspecified atom stereocenters. The minimum absolute atomic E-state index is 0.218. The fraction of sp³-hybridized carbons (Fsp3) is 0.333. The standard InChI is InChI=1S/C6H9ClN2O/c1-5(7)3-9-6(4-10)8-2/h3,10H,2,4H2,1H3/b5-3+,9-6?. The molecule has 4 heteroatoms. The van der Waals surface area contributed by atoms with Crippen molar-refractivity contribution in [1.82, 2.24) is 0 Å². The molecule has 0 aromatic heterocycles. The highest BCUT2D eigenvalue weighted by molar-refractivity contribution is 6.29. The summed E-state index contributed by atoms with van der Waals surface area (Å²) in [5.74, 6) is 0.264. The van der Waals surface area contributed by atoms with E-state index in [0.29, 0.717) is 5.03 Å². The number of rotatable bonds is 2. The molecule has 0 bridgehead atoms. The molecule has 0 atom stereocenters. The van der Waals surface area contributed by atoms with Crippen LogP contribution in [0.25, 0.3) is 0 Å². The summed E-state index contributed by atoms with van der Waals surface area (Å²) < 4.78 is 0. The zero-order valence-electron chi connectivity index (χ0n) is 5.71. The normalized spacial score (nSPS) is 13.5. The van der Waals surface area contributed by atoms with E-state index >= 15 is 0 Å². The minimum Gasteiger partial charge on any atom is -0.388 e. The molecule has 0 radical (unpaired) electrons. The maximum Gasteiger partial charge on any atom is 0.152 e. The highest BCUT2D eigenvalue weighted by atomic mass is 35.5. The van der Waals surface area contributed by atoms with Crippen LogP contribution in [0.3, 0.4) is 0 Å². The Morgan fingerprint density at radius 2 is 2.40 bits per heavy atom. The predicted molar refractivity (Wildman–Crippen MR) is 43.7 cm³/mol. The Labute approximate surface area is 64.8 Å². The second-order valence-corrected chi connectivity index (χ2v) is 2.17. The zero-order valence-corrected chi connectivity index (χ0v) is 6.47. The van der Waals surface area contributed by atoms with Gasteiger partial charge in [0.1, 0.15) is 6.61 Å². The van der Waals surface area contributed by atoms with E-state index in [1.807, 2.05) is 0 Å². The lowest BCUT2D eigenvalue weighted by molar-refractivity contribution is 0.356. The quantitative estimate of drug-likeness (QED) is 0.479. The molecule has 0 saturated heterocycles. The maximum absolute atomic E-state index is 8.50. The predicted octanol–water partition coefficient (Wildman–Crippen LogP) is 1.18. The molecule has 0 fully saturated rings. The number of aliphatic hydroxyl groups excluding tert-OH is 1. The molecular weight excluding hydrogens is 152 g/mol.